The summed E-state index contributed by atoms with van der Waals surface area (Å²) in [7, 11) is -3.00. The Morgan fingerprint density at radius 2 is 1.78 bits per heavy atom. The molecule has 0 aliphatic carbocycles. The lowest BCUT2D eigenvalue weighted by Gasteiger charge is -2.27. The van der Waals surface area contributed by atoms with E-state index in [-0.39, 0.29) is 51.3 Å². The second-order valence-electron chi connectivity index (χ2n) is 7.22. The van der Waals surface area contributed by atoms with E-state index in [2.05, 4.69) is 4.99 Å². The number of carbonyl (C=O) groups is 3. The topological polar surface area (TPSA) is 156 Å². The number of fused-ring (bicyclic) bond motifs is 1. The molecule has 1 fully saturated rings. The van der Waals surface area contributed by atoms with Crippen LogP contribution < -0.4 is 11.5 Å². The minimum absolute atomic E-state index is 0.00727. The lowest BCUT2D eigenvalue weighted by Crippen LogP contribution is -2.45. The van der Waals surface area contributed by atoms with E-state index < -0.39 is 21.7 Å². The van der Waals surface area contributed by atoms with Gasteiger partial charge in [-0.3, -0.25) is 24.2 Å². The fourth-order valence-electron chi connectivity index (χ4n) is 3.38. The number of hydrogen-bond acceptors (Lipinski definition) is 8. The summed E-state index contributed by atoms with van der Waals surface area (Å²) in [4.78, 5) is 43.9. The lowest BCUT2D eigenvalue weighted by molar-refractivity contribution is -0.104. The Hall–Kier alpha value is -3.02. The number of halogens is 1. The number of imide groups is 1. The second kappa shape index (κ2) is 9.63. The van der Waals surface area contributed by atoms with Crippen molar-refractivity contribution >= 4 is 51.1 Å². The first kappa shape index (κ1) is 23.6. The van der Waals surface area contributed by atoms with Gasteiger partial charge in [0.1, 0.15) is 5.84 Å². The Labute approximate surface area is 190 Å². The number of nitrogens with zero attached hydrogens (tertiary/aromatic N) is 3. The van der Waals surface area contributed by atoms with Gasteiger partial charge in [-0.15, -0.1) is 0 Å². The summed E-state index contributed by atoms with van der Waals surface area (Å²) >= 11 is 5.96. The molecule has 1 aromatic rings. The van der Waals surface area contributed by atoms with Gasteiger partial charge < -0.3 is 11.5 Å². The van der Waals surface area contributed by atoms with E-state index in [1.807, 2.05) is 4.90 Å². The molecule has 2 aliphatic rings. The number of nitrogens with two attached hydrogens (primary N) is 2. The van der Waals surface area contributed by atoms with Gasteiger partial charge in [-0.25, -0.2) is 13.4 Å². The highest BCUT2D eigenvalue weighted by Crippen LogP contribution is 2.27. The van der Waals surface area contributed by atoms with E-state index >= 15 is 0 Å². The number of rotatable bonds is 7. The monoisotopic (exact) mass is 479 g/mol. The molecular formula is C20H22ClN5O5S. The molecule has 0 saturated carbocycles. The fourth-order valence-corrected chi connectivity index (χ4v) is 4.87. The highest BCUT2D eigenvalue weighted by atomic mass is 35.5. The SMILES string of the molecule is N\C=C/C(Cl)=C(C=O)/C(N)=N/c1ccc2c(c1)C(=O)N(CCN1CCS(=O)(=O)CC1)C2=O. The predicted octanol–water partition coefficient (Wildman–Crippen LogP) is 0.166. The molecule has 0 unspecified atom stereocenters. The smallest absolute Gasteiger partial charge is 0.261 e. The first-order valence-corrected chi connectivity index (χ1v) is 11.9. The molecule has 1 saturated heterocycles. The lowest BCUT2D eigenvalue weighted by atomic mass is 10.1. The summed E-state index contributed by atoms with van der Waals surface area (Å²) in [6.45, 7) is 1.28. The maximum atomic E-state index is 12.8. The third-order valence-electron chi connectivity index (χ3n) is 5.17. The van der Waals surface area contributed by atoms with E-state index in [4.69, 9.17) is 23.1 Å². The van der Waals surface area contributed by atoms with Gasteiger partial charge in [-0.05, 0) is 30.5 Å². The first-order valence-electron chi connectivity index (χ1n) is 9.67. The van der Waals surface area contributed by atoms with Crippen molar-refractivity contribution in [3.63, 3.8) is 0 Å². The molecule has 0 aromatic heterocycles. The van der Waals surface area contributed by atoms with Crippen LogP contribution in [0.1, 0.15) is 20.7 Å². The zero-order valence-electron chi connectivity index (χ0n) is 17.0. The zero-order valence-corrected chi connectivity index (χ0v) is 18.6. The van der Waals surface area contributed by atoms with Crippen molar-refractivity contribution < 1.29 is 22.8 Å². The molecule has 3 rings (SSSR count). The van der Waals surface area contributed by atoms with Gasteiger partial charge in [-0.1, -0.05) is 11.6 Å². The number of sulfone groups is 1. The maximum Gasteiger partial charge on any atom is 0.261 e. The molecule has 0 radical (unpaired) electrons. The second-order valence-corrected chi connectivity index (χ2v) is 9.93. The number of amidine groups is 1. The zero-order chi connectivity index (χ0) is 23.5. The van der Waals surface area contributed by atoms with Crippen LogP contribution in [0, 0.1) is 0 Å². The van der Waals surface area contributed by atoms with Crippen molar-refractivity contribution in [2.75, 3.05) is 37.7 Å². The van der Waals surface area contributed by atoms with E-state index in [9.17, 15) is 22.8 Å². The van der Waals surface area contributed by atoms with Crippen molar-refractivity contribution in [2.24, 2.45) is 16.5 Å². The van der Waals surface area contributed by atoms with Gasteiger partial charge in [-0.2, -0.15) is 0 Å². The van der Waals surface area contributed by atoms with Gasteiger partial charge in [0.25, 0.3) is 11.8 Å². The van der Waals surface area contributed by atoms with Crippen molar-refractivity contribution in [2.45, 2.75) is 0 Å². The molecule has 0 spiro atoms. The van der Waals surface area contributed by atoms with Crippen molar-refractivity contribution in [1.29, 1.82) is 0 Å². The first-order chi connectivity index (χ1) is 15.2. The normalized spacial score (nSPS) is 19.9. The van der Waals surface area contributed by atoms with Gasteiger partial charge in [0, 0.05) is 26.2 Å². The number of aldehydes is 1. The Morgan fingerprint density at radius 3 is 2.41 bits per heavy atom. The molecule has 2 aliphatic heterocycles. The van der Waals surface area contributed by atoms with Crippen LogP contribution in [0.3, 0.4) is 0 Å². The summed E-state index contributed by atoms with van der Waals surface area (Å²) in [5, 5.41) is 0.00727. The highest BCUT2D eigenvalue weighted by Gasteiger charge is 2.36. The molecule has 170 valence electrons. The number of amides is 2. The van der Waals surface area contributed by atoms with E-state index in [0.717, 1.165) is 11.1 Å². The Bertz CT molecular complexity index is 1140. The fraction of sp³-hybridized carbons (Fsp3) is 0.300. The number of allylic oxidation sites excluding steroid dienone is 2. The number of aliphatic imine (C=N–C) groups is 1. The largest absolute Gasteiger partial charge is 0.405 e. The van der Waals surface area contributed by atoms with Crippen LogP contribution in [0.5, 0.6) is 0 Å². The summed E-state index contributed by atoms with van der Waals surface area (Å²) in [5.41, 5.74) is 11.7. The average molecular weight is 480 g/mol. The van der Waals surface area contributed by atoms with Crippen LogP contribution >= 0.6 is 11.6 Å². The molecule has 10 nitrogen and oxygen atoms in total. The average Bonchev–Trinajstić information content (AvgIpc) is 2.97. The van der Waals surface area contributed by atoms with E-state index in [1.54, 1.807) is 0 Å². The molecule has 4 N–H and O–H groups in total. The number of benzene rings is 1. The van der Waals surface area contributed by atoms with Gasteiger partial charge in [0.05, 0.1) is 38.9 Å². The van der Waals surface area contributed by atoms with Crippen LogP contribution in [0.15, 0.2) is 46.1 Å². The van der Waals surface area contributed by atoms with Gasteiger partial charge >= 0.3 is 0 Å². The highest BCUT2D eigenvalue weighted by molar-refractivity contribution is 7.91. The third kappa shape index (κ3) is 5.06. The number of hydrogen-bond donors (Lipinski definition) is 2. The predicted molar refractivity (Wildman–Crippen MR) is 120 cm³/mol. The van der Waals surface area contributed by atoms with E-state index in [1.165, 1.54) is 24.3 Å². The van der Waals surface area contributed by atoms with Crippen molar-refractivity contribution in [3.8, 4) is 0 Å². The number of carbonyl (C=O) groups excluding carboxylic acids is 3. The van der Waals surface area contributed by atoms with Crippen LogP contribution in [0.4, 0.5) is 5.69 Å². The van der Waals surface area contributed by atoms with E-state index in [0.29, 0.717) is 25.9 Å². The molecule has 0 bridgehead atoms. The summed E-state index contributed by atoms with van der Waals surface area (Å²) in [5.74, 6) is -0.930. The minimum Gasteiger partial charge on any atom is -0.405 e. The molecule has 0 atom stereocenters. The third-order valence-corrected chi connectivity index (χ3v) is 7.11. The molecule has 12 heteroatoms. The molecule has 2 amide bonds. The van der Waals surface area contributed by atoms with Crippen LogP contribution in [-0.2, 0) is 14.6 Å². The quantitative estimate of drug-likeness (QED) is 0.140. The van der Waals surface area contributed by atoms with Crippen molar-refractivity contribution in [1.82, 2.24) is 9.80 Å². The van der Waals surface area contributed by atoms with Crippen LogP contribution in [-0.4, -0.2) is 79.8 Å². The summed E-state index contributed by atoms with van der Waals surface area (Å²) in [6, 6.07) is 4.40. The Morgan fingerprint density at radius 1 is 1.12 bits per heavy atom. The molecule has 1 aromatic carbocycles. The minimum atomic E-state index is -3.00. The van der Waals surface area contributed by atoms with Crippen LogP contribution in [0.25, 0.3) is 0 Å². The molecule has 32 heavy (non-hydrogen) atoms. The maximum absolute atomic E-state index is 12.8. The molecular weight excluding hydrogens is 458 g/mol. The Balaban J connectivity index is 1.76. The van der Waals surface area contributed by atoms with Crippen molar-refractivity contribution in [3.05, 3.63) is 52.2 Å². The Kier molecular flexibility index (Phi) is 7.12. The van der Waals surface area contributed by atoms with Gasteiger partial charge in [0.2, 0.25) is 0 Å². The summed E-state index contributed by atoms with van der Waals surface area (Å²) in [6.07, 6.45) is 2.88. The standard InChI is InChI=1S/C20H22ClN5O5S/c21-17(3-4-22)16(12-27)18(23)24-13-1-2-14-15(11-13)20(29)26(19(14)28)6-5-25-7-9-32(30,31)10-8-25/h1-4,11-12H,5-10,22H2,(H2,23,24)/b4-3-,17-16-. The van der Waals surface area contributed by atoms with Crippen LogP contribution in [0.2, 0.25) is 0 Å². The summed E-state index contributed by atoms with van der Waals surface area (Å²) < 4.78 is 23.1. The molecule has 2 heterocycles. The van der Waals surface area contributed by atoms with Gasteiger partial charge in [0.15, 0.2) is 16.1 Å².